The van der Waals surface area contributed by atoms with Gasteiger partial charge in [0.15, 0.2) is 0 Å². The zero-order valence-corrected chi connectivity index (χ0v) is 11.7. The highest BCUT2D eigenvalue weighted by atomic mass is 14.1. The first-order valence-corrected chi connectivity index (χ1v) is 7.00. The number of hydrogen-bond donors (Lipinski definition) is 0. The summed E-state index contributed by atoms with van der Waals surface area (Å²) in [5.74, 6) is 0. The molecular weight excluding hydrogens is 216 g/mol. The molecule has 0 aromatic heterocycles. The summed E-state index contributed by atoms with van der Waals surface area (Å²) in [7, 11) is 0. The molecule has 0 aliphatic carbocycles. The van der Waals surface area contributed by atoms with E-state index in [2.05, 4.69) is 63.2 Å². The first-order valence-electron chi connectivity index (χ1n) is 7.00. The minimum absolute atomic E-state index is 1.11. The van der Waals surface area contributed by atoms with Crippen molar-refractivity contribution in [2.45, 2.75) is 40.0 Å². The Morgan fingerprint density at radius 2 is 1.44 bits per heavy atom. The number of aryl methyl sites for hydroxylation is 2. The van der Waals surface area contributed by atoms with Crippen LogP contribution in [0.15, 0.2) is 42.5 Å². The summed E-state index contributed by atoms with van der Waals surface area (Å²) >= 11 is 0. The topological polar surface area (TPSA) is 0 Å². The molecular formula is C18H22. The first kappa shape index (κ1) is 12.9. The predicted molar refractivity (Wildman–Crippen MR) is 80.0 cm³/mol. The third-order valence-electron chi connectivity index (χ3n) is 3.68. The number of hydrogen-bond acceptors (Lipinski definition) is 0. The van der Waals surface area contributed by atoms with Crippen LogP contribution in [0.2, 0.25) is 0 Å². The standard InChI is InChI=1S/C18H22/c1-4-14-10-12-16(13-11-14)18-9-7-8-15(5-2)17(18)6-3/h7-13H,4-6H2,1-3H3. The monoisotopic (exact) mass is 238 g/mol. The molecule has 0 fully saturated rings. The van der Waals surface area contributed by atoms with Gasteiger partial charge in [-0.25, -0.2) is 0 Å². The molecule has 0 unspecified atom stereocenters. The van der Waals surface area contributed by atoms with Crippen molar-refractivity contribution in [3.8, 4) is 11.1 Å². The minimum Gasteiger partial charge on any atom is -0.0614 e. The lowest BCUT2D eigenvalue weighted by molar-refractivity contribution is 1.04. The van der Waals surface area contributed by atoms with Gasteiger partial charge in [0.2, 0.25) is 0 Å². The molecule has 0 saturated heterocycles. The molecule has 0 atom stereocenters. The van der Waals surface area contributed by atoms with Crippen LogP contribution in [0.4, 0.5) is 0 Å². The highest BCUT2D eigenvalue weighted by molar-refractivity contribution is 5.69. The fraction of sp³-hybridized carbons (Fsp3) is 0.333. The molecule has 2 aromatic carbocycles. The van der Waals surface area contributed by atoms with Gasteiger partial charge in [0.05, 0.1) is 0 Å². The van der Waals surface area contributed by atoms with E-state index in [1.807, 2.05) is 0 Å². The molecule has 0 radical (unpaired) electrons. The van der Waals surface area contributed by atoms with E-state index in [4.69, 9.17) is 0 Å². The summed E-state index contributed by atoms with van der Waals surface area (Å²) in [6.07, 6.45) is 3.33. The third-order valence-corrected chi connectivity index (χ3v) is 3.68. The van der Waals surface area contributed by atoms with Gasteiger partial charge in [-0.1, -0.05) is 63.2 Å². The summed E-state index contributed by atoms with van der Waals surface area (Å²) < 4.78 is 0. The molecule has 0 heterocycles. The van der Waals surface area contributed by atoms with Gasteiger partial charge in [0, 0.05) is 0 Å². The van der Waals surface area contributed by atoms with Crippen molar-refractivity contribution in [2.75, 3.05) is 0 Å². The Morgan fingerprint density at radius 3 is 2.00 bits per heavy atom. The number of rotatable bonds is 4. The van der Waals surface area contributed by atoms with Crippen LogP contribution in [0.1, 0.15) is 37.5 Å². The maximum Gasteiger partial charge on any atom is -0.0149 e. The second-order valence-corrected chi connectivity index (χ2v) is 4.70. The summed E-state index contributed by atoms with van der Waals surface area (Å²) in [4.78, 5) is 0. The SMILES string of the molecule is CCc1ccc(-c2cccc(CC)c2CC)cc1. The van der Waals surface area contributed by atoms with Crippen molar-refractivity contribution >= 4 is 0 Å². The molecule has 0 N–H and O–H groups in total. The fourth-order valence-corrected chi connectivity index (χ4v) is 2.57. The molecule has 2 rings (SSSR count). The van der Waals surface area contributed by atoms with Gasteiger partial charge in [-0.05, 0) is 47.1 Å². The Morgan fingerprint density at radius 1 is 0.722 bits per heavy atom. The Bertz CT molecular complexity index is 506. The van der Waals surface area contributed by atoms with Crippen LogP contribution in [0.5, 0.6) is 0 Å². The fourth-order valence-electron chi connectivity index (χ4n) is 2.57. The number of benzene rings is 2. The zero-order valence-electron chi connectivity index (χ0n) is 11.7. The molecule has 0 nitrogen and oxygen atoms in total. The van der Waals surface area contributed by atoms with Crippen LogP contribution < -0.4 is 0 Å². The molecule has 0 bridgehead atoms. The van der Waals surface area contributed by atoms with Crippen LogP contribution in [0.25, 0.3) is 11.1 Å². The molecule has 0 aliphatic rings. The normalized spacial score (nSPS) is 10.6. The van der Waals surface area contributed by atoms with E-state index in [1.54, 1.807) is 0 Å². The second-order valence-electron chi connectivity index (χ2n) is 4.70. The largest absolute Gasteiger partial charge is 0.0614 e. The van der Waals surface area contributed by atoms with E-state index in [1.165, 1.54) is 27.8 Å². The maximum absolute atomic E-state index is 2.26. The molecule has 0 amide bonds. The lowest BCUT2D eigenvalue weighted by Gasteiger charge is -2.13. The highest BCUT2D eigenvalue weighted by Crippen LogP contribution is 2.27. The summed E-state index contributed by atoms with van der Waals surface area (Å²) in [5.41, 5.74) is 7.14. The van der Waals surface area contributed by atoms with Crippen molar-refractivity contribution in [3.63, 3.8) is 0 Å². The van der Waals surface area contributed by atoms with E-state index >= 15 is 0 Å². The summed E-state index contributed by atoms with van der Waals surface area (Å²) in [6.45, 7) is 6.68. The van der Waals surface area contributed by atoms with E-state index in [0.29, 0.717) is 0 Å². The van der Waals surface area contributed by atoms with Crippen LogP contribution in [-0.4, -0.2) is 0 Å². The van der Waals surface area contributed by atoms with Crippen LogP contribution >= 0.6 is 0 Å². The average molecular weight is 238 g/mol. The van der Waals surface area contributed by atoms with Gasteiger partial charge in [-0.2, -0.15) is 0 Å². The molecule has 0 aliphatic heterocycles. The van der Waals surface area contributed by atoms with E-state index < -0.39 is 0 Å². The van der Waals surface area contributed by atoms with Crippen molar-refractivity contribution in [2.24, 2.45) is 0 Å². The van der Waals surface area contributed by atoms with Gasteiger partial charge in [0.1, 0.15) is 0 Å². The Kier molecular flexibility index (Phi) is 4.19. The second kappa shape index (κ2) is 5.86. The summed E-state index contributed by atoms with van der Waals surface area (Å²) in [6, 6.07) is 15.7. The van der Waals surface area contributed by atoms with Crippen molar-refractivity contribution in [1.29, 1.82) is 0 Å². The smallest absolute Gasteiger partial charge is 0.0149 e. The Balaban J connectivity index is 2.48. The van der Waals surface area contributed by atoms with Gasteiger partial charge >= 0.3 is 0 Å². The van der Waals surface area contributed by atoms with Crippen LogP contribution in [-0.2, 0) is 19.3 Å². The lowest BCUT2D eigenvalue weighted by Crippen LogP contribution is -1.95. The van der Waals surface area contributed by atoms with Crippen LogP contribution in [0.3, 0.4) is 0 Å². The van der Waals surface area contributed by atoms with E-state index in [0.717, 1.165) is 19.3 Å². The first-order chi connectivity index (χ1) is 8.80. The van der Waals surface area contributed by atoms with Gasteiger partial charge < -0.3 is 0 Å². The van der Waals surface area contributed by atoms with E-state index in [9.17, 15) is 0 Å². The zero-order chi connectivity index (χ0) is 13.0. The Hall–Kier alpha value is -1.56. The Labute approximate surface area is 111 Å². The highest BCUT2D eigenvalue weighted by Gasteiger charge is 2.07. The van der Waals surface area contributed by atoms with Gasteiger partial charge in [-0.3, -0.25) is 0 Å². The van der Waals surface area contributed by atoms with Crippen molar-refractivity contribution in [1.82, 2.24) is 0 Å². The third kappa shape index (κ3) is 2.48. The van der Waals surface area contributed by atoms with Crippen molar-refractivity contribution in [3.05, 3.63) is 59.2 Å². The summed E-state index contributed by atoms with van der Waals surface area (Å²) in [5, 5.41) is 0. The molecule has 0 spiro atoms. The molecule has 18 heavy (non-hydrogen) atoms. The average Bonchev–Trinajstić information content (AvgIpc) is 2.46. The predicted octanol–water partition coefficient (Wildman–Crippen LogP) is 5.04. The van der Waals surface area contributed by atoms with Gasteiger partial charge in [-0.15, -0.1) is 0 Å². The van der Waals surface area contributed by atoms with E-state index in [-0.39, 0.29) is 0 Å². The lowest BCUT2D eigenvalue weighted by atomic mass is 9.92. The molecule has 0 saturated carbocycles. The minimum atomic E-state index is 1.11. The molecule has 0 heteroatoms. The van der Waals surface area contributed by atoms with Crippen molar-refractivity contribution < 1.29 is 0 Å². The molecule has 2 aromatic rings. The quantitative estimate of drug-likeness (QED) is 0.700. The van der Waals surface area contributed by atoms with Gasteiger partial charge in [0.25, 0.3) is 0 Å². The van der Waals surface area contributed by atoms with Crippen LogP contribution in [0, 0.1) is 0 Å². The maximum atomic E-state index is 2.26. The molecule has 94 valence electrons.